The molecule has 2 heterocycles. The van der Waals surface area contributed by atoms with Crippen LogP contribution in [0.5, 0.6) is 0 Å². The molecule has 2 saturated heterocycles. The van der Waals surface area contributed by atoms with Crippen molar-refractivity contribution in [2.24, 2.45) is 0 Å². The van der Waals surface area contributed by atoms with Gasteiger partial charge in [0.15, 0.2) is 0 Å². The van der Waals surface area contributed by atoms with Crippen LogP contribution >= 0.6 is 15.9 Å². The van der Waals surface area contributed by atoms with Crippen LogP contribution in [0.1, 0.15) is 17.2 Å². The van der Waals surface area contributed by atoms with Crippen LogP contribution in [0.15, 0.2) is 58.6 Å². The Bertz CT molecular complexity index is 1090. The number of ketones is 1. The maximum absolute atomic E-state index is 13.3. The number of quaternary nitrogens is 1. The highest BCUT2D eigenvalue weighted by Gasteiger charge is 2.44. The van der Waals surface area contributed by atoms with E-state index in [2.05, 4.69) is 15.9 Å². The number of Topliss-reactive ketones (excluding diaryl/α,β-unsaturated/α-hetero) is 1. The SMILES string of the molecule is O=C1C(=O)N(CC[NH+]2CCOCC2)C(c2ccc([N+](=O)[O-])cc2)/C1=C(\[O-])c1ccc(Br)cc1. The lowest BCUT2D eigenvalue weighted by atomic mass is 9.95. The summed E-state index contributed by atoms with van der Waals surface area (Å²) in [5.41, 5.74) is 0.534. The molecule has 1 N–H and O–H groups in total. The highest BCUT2D eigenvalue weighted by atomic mass is 79.9. The van der Waals surface area contributed by atoms with Gasteiger partial charge in [-0.3, -0.25) is 19.7 Å². The Morgan fingerprint density at radius 1 is 1.09 bits per heavy atom. The van der Waals surface area contributed by atoms with Crippen molar-refractivity contribution in [3.05, 3.63) is 79.8 Å². The van der Waals surface area contributed by atoms with Crippen molar-refractivity contribution in [3.8, 4) is 0 Å². The number of morpholine rings is 1. The van der Waals surface area contributed by atoms with Crippen molar-refractivity contribution in [1.29, 1.82) is 0 Å². The number of nitro benzene ring substituents is 1. The van der Waals surface area contributed by atoms with Gasteiger partial charge in [0.2, 0.25) is 5.78 Å². The molecule has 2 aromatic carbocycles. The molecule has 0 bridgehead atoms. The predicted octanol–water partition coefficient (Wildman–Crippen LogP) is 0.496. The molecular formula is C23H22BrN3O6. The van der Waals surface area contributed by atoms with Crippen LogP contribution in [0.2, 0.25) is 0 Å². The normalized spacial score (nSPS) is 20.9. The maximum atomic E-state index is 13.3. The molecule has 9 nitrogen and oxygen atoms in total. The van der Waals surface area contributed by atoms with E-state index in [0.29, 0.717) is 30.9 Å². The summed E-state index contributed by atoms with van der Waals surface area (Å²) < 4.78 is 6.15. The number of nitrogens with one attached hydrogen (secondary N) is 1. The highest BCUT2D eigenvalue weighted by Crippen LogP contribution is 2.38. The van der Waals surface area contributed by atoms with E-state index in [9.17, 15) is 24.8 Å². The average Bonchev–Trinajstić information content (AvgIpc) is 3.08. The minimum atomic E-state index is -0.901. The van der Waals surface area contributed by atoms with Gasteiger partial charge in [0, 0.05) is 22.2 Å². The molecule has 0 radical (unpaired) electrons. The number of hydrogen-bond donors (Lipinski definition) is 1. The Hall–Kier alpha value is -3.08. The van der Waals surface area contributed by atoms with Gasteiger partial charge in [-0.25, -0.2) is 0 Å². The van der Waals surface area contributed by atoms with E-state index in [-0.39, 0.29) is 17.8 Å². The number of halogens is 1. The molecule has 10 heteroatoms. The van der Waals surface area contributed by atoms with E-state index in [4.69, 9.17) is 4.74 Å². The van der Waals surface area contributed by atoms with Crippen LogP contribution in [0.25, 0.3) is 5.76 Å². The van der Waals surface area contributed by atoms with E-state index < -0.39 is 28.4 Å². The molecular weight excluding hydrogens is 494 g/mol. The maximum Gasteiger partial charge on any atom is 0.295 e. The van der Waals surface area contributed by atoms with Gasteiger partial charge in [0.1, 0.15) is 13.1 Å². The number of nitrogens with zero attached hydrogens (tertiary/aromatic N) is 2. The molecule has 2 fully saturated rings. The number of nitro groups is 1. The van der Waals surface area contributed by atoms with Crippen molar-refractivity contribution in [2.45, 2.75) is 6.04 Å². The molecule has 33 heavy (non-hydrogen) atoms. The van der Waals surface area contributed by atoms with Crippen molar-refractivity contribution in [2.75, 3.05) is 39.4 Å². The third-order valence-corrected chi connectivity index (χ3v) is 6.49. The summed E-state index contributed by atoms with van der Waals surface area (Å²) in [7, 11) is 0. The van der Waals surface area contributed by atoms with E-state index >= 15 is 0 Å². The molecule has 172 valence electrons. The summed E-state index contributed by atoms with van der Waals surface area (Å²) in [6.07, 6.45) is 0. The van der Waals surface area contributed by atoms with Gasteiger partial charge in [-0.1, -0.05) is 33.8 Å². The van der Waals surface area contributed by atoms with Crippen molar-refractivity contribution in [1.82, 2.24) is 4.90 Å². The largest absolute Gasteiger partial charge is 0.872 e. The Kier molecular flexibility index (Phi) is 6.87. The van der Waals surface area contributed by atoms with Crippen LogP contribution in [0, 0.1) is 10.1 Å². The zero-order valence-corrected chi connectivity index (χ0v) is 19.2. The smallest absolute Gasteiger partial charge is 0.295 e. The third kappa shape index (κ3) is 4.82. The molecule has 0 aromatic heterocycles. The van der Waals surface area contributed by atoms with Gasteiger partial charge >= 0.3 is 0 Å². The van der Waals surface area contributed by atoms with Gasteiger partial charge in [-0.15, -0.1) is 0 Å². The second kappa shape index (κ2) is 9.82. The van der Waals surface area contributed by atoms with Gasteiger partial charge in [-0.2, -0.15) is 0 Å². The summed E-state index contributed by atoms with van der Waals surface area (Å²) in [6.45, 7) is 3.74. The number of ether oxygens (including phenoxy) is 1. The number of amides is 1. The fourth-order valence-electron chi connectivity index (χ4n) is 4.17. The third-order valence-electron chi connectivity index (χ3n) is 5.96. The number of non-ortho nitro benzene ring substituents is 1. The average molecular weight is 516 g/mol. The van der Waals surface area contributed by atoms with Gasteiger partial charge < -0.3 is 19.6 Å². The molecule has 1 atom stereocenters. The monoisotopic (exact) mass is 515 g/mol. The summed E-state index contributed by atoms with van der Waals surface area (Å²) >= 11 is 3.32. The van der Waals surface area contributed by atoms with E-state index in [0.717, 1.165) is 17.6 Å². The number of rotatable bonds is 6. The van der Waals surface area contributed by atoms with Crippen molar-refractivity contribution in [3.63, 3.8) is 0 Å². The minimum absolute atomic E-state index is 0.112. The summed E-state index contributed by atoms with van der Waals surface area (Å²) in [5, 5.41) is 24.4. The standard InChI is InChI=1S/C23H22BrN3O6/c24-17-5-1-16(2-6-17)21(28)19-20(15-3-7-18(8-4-15)27(31)32)26(23(30)22(19)29)10-9-25-11-13-33-14-12-25/h1-8,20,28H,9-14H2/b21-19+. The zero-order valence-electron chi connectivity index (χ0n) is 17.7. The van der Waals surface area contributed by atoms with E-state index in [1.807, 2.05) is 0 Å². The first-order chi connectivity index (χ1) is 15.9. The van der Waals surface area contributed by atoms with Crippen LogP contribution < -0.4 is 10.0 Å². The summed E-state index contributed by atoms with van der Waals surface area (Å²) in [5.74, 6) is -2.08. The topological polar surface area (TPSA) is 117 Å². The fraction of sp³-hybridized carbons (Fsp3) is 0.304. The second-order valence-electron chi connectivity index (χ2n) is 7.94. The molecule has 2 aliphatic heterocycles. The van der Waals surface area contributed by atoms with Crippen LogP contribution in [-0.4, -0.2) is 60.9 Å². The molecule has 0 aliphatic carbocycles. The van der Waals surface area contributed by atoms with Gasteiger partial charge in [0.05, 0.1) is 37.3 Å². The molecule has 0 spiro atoms. The second-order valence-corrected chi connectivity index (χ2v) is 8.86. The fourth-order valence-corrected chi connectivity index (χ4v) is 4.44. The highest BCUT2D eigenvalue weighted by molar-refractivity contribution is 9.10. The molecule has 1 unspecified atom stereocenters. The predicted molar refractivity (Wildman–Crippen MR) is 120 cm³/mol. The summed E-state index contributed by atoms with van der Waals surface area (Å²) in [4.78, 5) is 39.2. The van der Waals surface area contributed by atoms with E-state index in [1.165, 1.54) is 34.1 Å². The number of carbonyl (C=O) groups excluding carboxylic acids is 2. The first-order valence-corrected chi connectivity index (χ1v) is 11.3. The first-order valence-electron chi connectivity index (χ1n) is 10.5. The lowest BCUT2D eigenvalue weighted by Crippen LogP contribution is -3.14. The quantitative estimate of drug-likeness (QED) is 0.197. The van der Waals surface area contributed by atoms with Gasteiger partial charge in [-0.05, 0) is 35.4 Å². The molecule has 4 rings (SSSR count). The first kappa shape index (κ1) is 23.1. The van der Waals surface area contributed by atoms with Crippen LogP contribution in [0.4, 0.5) is 5.69 Å². The number of benzene rings is 2. The zero-order chi connectivity index (χ0) is 23.5. The van der Waals surface area contributed by atoms with Gasteiger partial charge in [0.25, 0.3) is 11.6 Å². The molecule has 1 amide bonds. The minimum Gasteiger partial charge on any atom is -0.872 e. The Labute approximate surface area is 198 Å². The van der Waals surface area contributed by atoms with Crippen LogP contribution in [-0.2, 0) is 14.3 Å². The Morgan fingerprint density at radius 2 is 1.73 bits per heavy atom. The van der Waals surface area contributed by atoms with Crippen molar-refractivity contribution < 1.29 is 29.3 Å². The Morgan fingerprint density at radius 3 is 2.33 bits per heavy atom. The number of likely N-dealkylation sites (tertiary alicyclic amines) is 1. The number of hydrogen-bond acceptors (Lipinski definition) is 6. The molecule has 2 aliphatic rings. The molecule has 2 aromatic rings. The van der Waals surface area contributed by atoms with Crippen LogP contribution in [0.3, 0.4) is 0 Å². The number of carbonyl (C=O) groups is 2. The molecule has 0 saturated carbocycles. The lowest BCUT2D eigenvalue weighted by molar-refractivity contribution is -0.907. The van der Waals surface area contributed by atoms with E-state index in [1.54, 1.807) is 24.3 Å². The van der Waals surface area contributed by atoms with Crippen molar-refractivity contribution >= 4 is 39.1 Å². The lowest BCUT2D eigenvalue weighted by Gasteiger charge is -2.30. The summed E-state index contributed by atoms with van der Waals surface area (Å²) in [6, 6.07) is 11.3. The Balaban J connectivity index is 1.74.